The first kappa shape index (κ1) is 15.7. The lowest BCUT2D eigenvalue weighted by Gasteiger charge is -2.09. The van der Waals surface area contributed by atoms with Crippen LogP contribution in [0.4, 0.5) is 0 Å². The van der Waals surface area contributed by atoms with Crippen LogP contribution in [0.3, 0.4) is 0 Å². The van der Waals surface area contributed by atoms with Crippen LogP contribution in [-0.4, -0.2) is 19.1 Å². The molecule has 0 radical (unpaired) electrons. The summed E-state index contributed by atoms with van der Waals surface area (Å²) in [6.07, 6.45) is 0.256. The molecule has 0 aliphatic rings. The molecule has 0 saturated heterocycles. The third kappa shape index (κ3) is 4.96. The minimum absolute atomic E-state index is 0.0918. The van der Waals surface area contributed by atoms with E-state index in [-0.39, 0.29) is 12.3 Å². The van der Waals surface area contributed by atoms with Crippen molar-refractivity contribution < 1.29 is 9.53 Å². The molecule has 0 bridgehead atoms. The van der Waals surface area contributed by atoms with E-state index < -0.39 is 0 Å². The van der Waals surface area contributed by atoms with E-state index in [0.717, 1.165) is 5.56 Å². The highest BCUT2D eigenvalue weighted by atomic mass is 35.5. The summed E-state index contributed by atoms with van der Waals surface area (Å²) in [6, 6.07) is 14.5. The first-order valence-electron chi connectivity index (χ1n) is 6.54. The molecule has 3 nitrogen and oxygen atoms in total. The molecule has 0 fully saturated rings. The first-order chi connectivity index (χ1) is 10.2. The molecule has 2 aromatic carbocycles. The van der Waals surface area contributed by atoms with Gasteiger partial charge in [0.1, 0.15) is 12.4 Å². The smallest absolute Gasteiger partial charge is 0.224 e. The van der Waals surface area contributed by atoms with Gasteiger partial charge in [0.05, 0.1) is 18.0 Å². The number of benzene rings is 2. The Labute approximate surface area is 133 Å². The lowest BCUT2D eigenvalue weighted by molar-refractivity contribution is -0.120. The van der Waals surface area contributed by atoms with Crippen LogP contribution in [0, 0.1) is 0 Å². The number of carbonyl (C=O) groups is 1. The van der Waals surface area contributed by atoms with Crippen LogP contribution < -0.4 is 10.1 Å². The van der Waals surface area contributed by atoms with Crippen LogP contribution in [0.5, 0.6) is 5.75 Å². The monoisotopic (exact) mass is 323 g/mol. The Morgan fingerprint density at radius 1 is 1.00 bits per heavy atom. The molecule has 110 valence electrons. The molecule has 5 heteroatoms. The number of carbonyl (C=O) groups excluding carboxylic acids is 1. The van der Waals surface area contributed by atoms with Crippen LogP contribution in [0.25, 0.3) is 0 Å². The maximum atomic E-state index is 11.8. The largest absolute Gasteiger partial charge is 0.490 e. The van der Waals surface area contributed by atoms with Gasteiger partial charge in [0.2, 0.25) is 5.91 Å². The van der Waals surface area contributed by atoms with Gasteiger partial charge in [-0.25, -0.2) is 0 Å². The fourth-order valence-corrected chi connectivity index (χ4v) is 2.18. The Kier molecular flexibility index (Phi) is 5.90. The van der Waals surface area contributed by atoms with Crippen molar-refractivity contribution >= 4 is 29.1 Å². The number of halogens is 2. The zero-order chi connectivity index (χ0) is 15.1. The molecule has 1 N–H and O–H groups in total. The highest BCUT2D eigenvalue weighted by Gasteiger charge is 2.06. The normalized spacial score (nSPS) is 10.2. The van der Waals surface area contributed by atoms with Crippen LogP contribution in [0.1, 0.15) is 5.56 Å². The van der Waals surface area contributed by atoms with E-state index in [4.69, 9.17) is 27.9 Å². The molecule has 0 aliphatic carbocycles. The molecular formula is C16H15Cl2NO2. The number of para-hydroxylation sites is 1. The fourth-order valence-electron chi connectivity index (χ4n) is 1.79. The predicted octanol–water partition coefficient (Wildman–Crippen LogP) is 3.73. The van der Waals surface area contributed by atoms with Gasteiger partial charge in [0.15, 0.2) is 0 Å². The second kappa shape index (κ2) is 7.91. The van der Waals surface area contributed by atoms with Crippen LogP contribution in [0.15, 0.2) is 48.5 Å². The van der Waals surface area contributed by atoms with Gasteiger partial charge < -0.3 is 10.1 Å². The van der Waals surface area contributed by atoms with Gasteiger partial charge >= 0.3 is 0 Å². The lowest BCUT2D eigenvalue weighted by atomic mass is 10.1. The molecule has 0 aromatic heterocycles. The van der Waals surface area contributed by atoms with Crippen LogP contribution in [-0.2, 0) is 11.2 Å². The third-order valence-corrected chi connectivity index (χ3v) is 3.51. The van der Waals surface area contributed by atoms with Crippen molar-refractivity contribution in [1.82, 2.24) is 5.32 Å². The molecule has 2 aromatic rings. The van der Waals surface area contributed by atoms with Crippen molar-refractivity contribution in [2.45, 2.75) is 6.42 Å². The highest BCUT2D eigenvalue weighted by molar-refractivity contribution is 6.32. The van der Waals surface area contributed by atoms with E-state index in [0.29, 0.717) is 28.9 Å². The van der Waals surface area contributed by atoms with Crippen molar-refractivity contribution in [3.8, 4) is 5.75 Å². The number of hydrogen-bond donors (Lipinski definition) is 1. The van der Waals surface area contributed by atoms with Crippen LogP contribution >= 0.6 is 23.2 Å². The summed E-state index contributed by atoms with van der Waals surface area (Å²) in [5.41, 5.74) is 0.809. The Balaban J connectivity index is 1.73. The molecule has 0 saturated carbocycles. The number of ether oxygens (including phenoxy) is 1. The first-order valence-corrected chi connectivity index (χ1v) is 7.30. The summed E-state index contributed by atoms with van der Waals surface area (Å²) in [6.45, 7) is 0.770. The number of amides is 1. The highest BCUT2D eigenvalue weighted by Crippen LogP contribution is 2.22. The topological polar surface area (TPSA) is 38.3 Å². The zero-order valence-corrected chi connectivity index (χ0v) is 12.8. The van der Waals surface area contributed by atoms with E-state index >= 15 is 0 Å². The Morgan fingerprint density at radius 3 is 2.38 bits per heavy atom. The zero-order valence-electron chi connectivity index (χ0n) is 11.3. The minimum atomic E-state index is -0.0918. The standard InChI is InChI=1S/C16H15Cl2NO2/c17-13-6-2-1-5-12(13)11-16(20)19-9-10-21-15-8-4-3-7-14(15)18/h1-8H,9-11H2,(H,19,20). The maximum Gasteiger partial charge on any atom is 0.224 e. The molecule has 0 heterocycles. The van der Waals surface area contributed by atoms with Gasteiger partial charge in [-0.15, -0.1) is 0 Å². The summed E-state index contributed by atoms with van der Waals surface area (Å²) in [4.78, 5) is 11.8. The maximum absolute atomic E-state index is 11.8. The molecule has 21 heavy (non-hydrogen) atoms. The number of hydrogen-bond acceptors (Lipinski definition) is 2. The van der Waals surface area contributed by atoms with E-state index in [1.165, 1.54) is 0 Å². The molecule has 0 unspecified atom stereocenters. The van der Waals surface area contributed by atoms with Crippen molar-refractivity contribution in [1.29, 1.82) is 0 Å². The summed E-state index contributed by atoms with van der Waals surface area (Å²) in [5.74, 6) is 0.519. The third-order valence-electron chi connectivity index (χ3n) is 2.83. The summed E-state index contributed by atoms with van der Waals surface area (Å²) < 4.78 is 5.49. The fraction of sp³-hybridized carbons (Fsp3) is 0.188. The second-order valence-corrected chi connectivity index (χ2v) is 5.21. The predicted molar refractivity (Wildman–Crippen MR) is 85.1 cm³/mol. The van der Waals surface area contributed by atoms with E-state index in [1.54, 1.807) is 18.2 Å². The molecule has 0 aliphatic heterocycles. The van der Waals surface area contributed by atoms with Gasteiger partial charge in [-0.2, -0.15) is 0 Å². The van der Waals surface area contributed by atoms with Crippen molar-refractivity contribution in [2.75, 3.05) is 13.2 Å². The van der Waals surface area contributed by atoms with Gasteiger partial charge in [0.25, 0.3) is 0 Å². The molecule has 0 spiro atoms. The van der Waals surface area contributed by atoms with Gasteiger partial charge in [-0.1, -0.05) is 53.5 Å². The lowest BCUT2D eigenvalue weighted by Crippen LogP contribution is -2.29. The van der Waals surface area contributed by atoms with E-state index in [1.807, 2.05) is 30.3 Å². The van der Waals surface area contributed by atoms with Crippen molar-refractivity contribution in [3.63, 3.8) is 0 Å². The molecule has 0 atom stereocenters. The molecular weight excluding hydrogens is 309 g/mol. The average Bonchev–Trinajstić information content (AvgIpc) is 2.48. The van der Waals surface area contributed by atoms with Gasteiger partial charge in [-0.05, 0) is 23.8 Å². The summed E-state index contributed by atoms with van der Waals surface area (Å²) >= 11 is 12.0. The van der Waals surface area contributed by atoms with Gasteiger partial charge in [0, 0.05) is 5.02 Å². The summed E-state index contributed by atoms with van der Waals surface area (Å²) in [7, 11) is 0. The second-order valence-electron chi connectivity index (χ2n) is 4.40. The SMILES string of the molecule is O=C(Cc1ccccc1Cl)NCCOc1ccccc1Cl. The van der Waals surface area contributed by atoms with Crippen molar-refractivity contribution in [3.05, 3.63) is 64.1 Å². The minimum Gasteiger partial charge on any atom is -0.490 e. The molecule has 2 rings (SSSR count). The number of nitrogens with one attached hydrogen (secondary N) is 1. The van der Waals surface area contributed by atoms with Crippen LogP contribution in [0.2, 0.25) is 10.0 Å². The Hall–Kier alpha value is -1.71. The summed E-state index contributed by atoms with van der Waals surface area (Å²) in [5, 5.41) is 3.94. The van der Waals surface area contributed by atoms with Crippen molar-refractivity contribution in [2.24, 2.45) is 0 Å². The quantitative estimate of drug-likeness (QED) is 0.822. The molecule has 1 amide bonds. The average molecular weight is 324 g/mol. The van der Waals surface area contributed by atoms with E-state index in [9.17, 15) is 4.79 Å². The Bertz CT molecular complexity index is 617. The van der Waals surface area contributed by atoms with Gasteiger partial charge in [-0.3, -0.25) is 4.79 Å². The van der Waals surface area contributed by atoms with E-state index in [2.05, 4.69) is 5.32 Å². The number of rotatable bonds is 6. The Morgan fingerprint density at radius 2 is 1.67 bits per heavy atom.